The normalized spacial score (nSPS) is 7.38. The molecule has 0 bridgehead atoms. The van der Waals surface area contributed by atoms with Crippen LogP contribution >= 0.6 is 0 Å². The van der Waals surface area contributed by atoms with E-state index in [0.717, 1.165) is 11.4 Å². The van der Waals surface area contributed by atoms with Gasteiger partial charge >= 0.3 is 0 Å². The zero-order valence-corrected chi connectivity index (χ0v) is 9.17. The molecule has 0 aliphatic carbocycles. The molecule has 0 saturated heterocycles. The van der Waals surface area contributed by atoms with Crippen molar-refractivity contribution in [2.24, 2.45) is 0 Å². The van der Waals surface area contributed by atoms with Crippen LogP contribution in [-0.2, 0) is 0 Å². The number of rotatable bonds is 0. The molecule has 76 valence electrons. The predicted molar refractivity (Wildman–Crippen MR) is 62.6 cm³/mol. The second-order valence-corrected chi connectivity index (χ2v) is 2.37. The molecule has 1 aromatic rings. The topological polar surface area (TPSA) is 52.0 Å². The van der Waals surface area contributed by atoms with Crippen LogP contribution in [0.15, 0.2) is 24.3 Å². The average Bonchev–Trinajstić information content (AvgIpc) is 2.15. The lowest BCUT2D eigenvalue weighted by molar-refractivity contribution is 1.09. The zero-order chi connectivity index (χ0) is 10.7. The molecule has 0 aliphatic rings. The highest BCUT2D eigenvalue weighted by Crippen LogP contribution is 2.04. The summed E-state index contributed by atoms with van der Waals surface area (Å²) < 4.78 is 0. The van der Waals surface area contributed by atoms with Crippen LogP contribution in [0.5, 0.6) is 0 Å². The number of hydrogen-bond donors (Lipinski definition) is 2. The Balaban J connectivity index is 0. The molecule has 0 fully saturated rings. The molecule has 0 spiro atoms. The van der Waals surface area contributed by atoms with E-state index in [9.17, 15) is 0 Å². The van der Waals surface area contributed by atoms with Crippen LogP contribution in [0, 0.1) is 0 Å². The molecule has 13 heavy (non-hydrogen) atoms. The third-order valence-electron chi connectivity index (χ3n) is 0.936. The van der Waals surface area contributed by atoms with E-state index < -0.39 is 0 Å². The van der Waals surface area contributed by atoms with E-state index in [0.29, 0.717) is 0 Å². The van der Waals surface area contributed by atoms with E-state index in [1.807, 2.05) is 13.8 Å². The minimum atomic E-state index is 0.749. The fraction of sp³-hybridized carbons (Fsp3) is 0.455. The Morgan fingerprint density at radius 3 is 1.15 bits per heavy atom. The van der Waals surface area contributed by atoms with Crippen LogP contribution in [0.3, 0.4) is 0 Å². The molecule has 0 aromatic heterocycles. The van der Waals surface area contributed by atoms with Crippen molar-refractivity contribution in [3.05, 3.63) is 24.3 Å². The largest absolute Gasteiger partial charge is 0.399 e. The Labute approximate surface area is 81.9 Å². The monoisotopic (exact) mass is 182 g/mol. The second-order valence-electron chi connectivity index (χ2n) is 2.37. The summed E-state index contributed by atoms with van der Waals surface area (Å²) in [4.78, 5) is 0. The highest BCUT2D eigenvalue weighted by molar-refractivity contribution is 5.47. The molecular formula is C11H22N2. The highest BCUT2D eigenvalue weighted by atomic mass is 14.6. The first-order valence-corrected chi connectivity index (χ1v) is 4.81. The van der Waals surface area contributed by atoms with E-state index in [2.05, 4.69) is 13.8 Å². The third-order valence-corrected chi connectivity index (χ3v) is 0.936. The van der Waals surface area contributed by atoms with Crippen molar-refractivity contribution in [1.29, 1.82) is 0 Å². The number of nitrogens with two attached hydrogens (primary N) is 2. The third kappa shape index (κ3) is 10.8. The van der Waals surface area contributed by atoms with Gasteiger partial charge in [0.1, 0.15) is 0 Å². The Morgan fingerprint density at radius 1 is 0.846 bits per heavy atom. The Hall–Kier alpha value is -1.18. The van der Waals surface area contributed by atoms with Gasteiger partial charge in [0.25, 0.3) is 0 Å². The summed E-state index contributed by atoms with van der Waals surface area (Å²) in [5.74, 6) is 0. The second kappa shape index (κ2) is 10.8. The van der Waals surface area contributed by atoms with E-state index in [1.165, 1.54) is 6.42 Å². The van der Waals surface area contributed by atoms with E-state index >= 15 is 0 Å². The summed E-state index contributed by atoms with van der Waals surface area (Å²) in [6.07, 6.45) is 1.25. The summed E-state index contributed by atoms with van der Waals surface area (Å²) in [6.45, 7) is 8.25. The molecule has 0 aliphatic heterocycles. The fourth-order valence-corrected chi connectivity index (χ4v) is 0.496. The van der Waals surface area contributed by atoms with Crippen LogP contribution in [0.25, 0.3) is 0 Å². The van der Waals surface area contributed by atoms with Gasteiger partial charge in [-0.1, -0.05) is 34.1 Å². The Kier molecular flexibility index (Phi) is 11.9. The molecule has 1 rings (SSSR count). The van der Waals surface area contributed by atoms with Crippen molar-refractivity contribution in [3.8, 4) is 0 Å². The fourth-order valence-electron chi connectivity index (χ4n) is 0.496. The molecule has 0 heterocycles. The lowest BCUT2D eigenvalue weighted by atomic mass is 10.3. The number of hydrogen-bond acceptors (Lipinski definition) is 2. The maximum Gasteiger partial charge on any atom is 0.0315 e. The standard InChI is InChI=1S/C6H8N2.C3H8.C2H6/c7-5-1-2-6(8)4-3-5;1-3-2;1-2/h1-4H,7-8H2;3H2,1-2H3;1-2H3. The predicted octanol–water partition coefficient (Wildman–Crippen LogP) is 3.29. The molecule has 2 nitrogen and oxygen atoms in total. The van der Waals surface area contributed by atoms with Crippen molar-refractivity contribution in [2.45, 2.75) is 34.1 Å². The van der Waals surface area contributed by atoms with Crippen LogP contribution in [0.4, 0.5) is 11.4 Å². The first kappa shape index (κ1) is 14.3. The summed E-state index contributed by atoms with van der Waals surface area (Å²) in [5.41, 5.74) is 12.2. The molecule has 0 amide bonds. The van der Waals surface area contributed by atoms with Crippen LogP contribution in [0.1, 0.15) is 34.1 Å². The zero-order valence-electron chi connectivity index (χ0n) is 9.17. The van der Waals surface area contributed by atoms with Crippen molar-refractivity contribution < 1.29 is 0 Å². The lowest BCUT2D eigenvalue weighted by Crippen LogP contribution is -1.86. The molecular weight excluding hydrogens is 160 g/mol. The molecule has 0 radical (unpaired) electrons. The molecule has 0 atom stereocenters. The smallest absolute Gasteiger partial charge is 0.0315 e. The average molecular weight is 182 g/mol. The molecule has 2 heteroatoms. The van der Waals surface area contributed by atoms with Gasteiger partial charge in [-0.15, -0.1) is 0 Å². The summed E-state index contributed by atoms with van der Waals surface area (Å²) in [7, 11) is 0. The Morgan fingerprint density at radius 2 is 1.00 bits per heavy atom. The van der Waals surface area contributed by atoms with Gasteiger partial charge < -0.3 is 11.5 Å². The molecule has 1 aromatic carbocycles. The van der Waals surface area contributed by atoms with Crippen LogP contribution in [-0.4, -0.2) is 0 Å². The van der Waals surface area contributed by atoms with Crippen molar-refractivity contribution >= 4 is 11.4 Å². The van der Waals surface area contributed by atoms with Crippen molar-refractivity contribution in [1.82, 2.24) is 0 Å². The van der Waals surface area contributed by atoms with Gasteiger partial charge in [0.05, 0.1) is 0 Å². The number of anilines is 2. The molecule has 0 saturated carbocycles. The van der Waals surface area contributed by atoms with E-state index in [4.69, 9.17) is 11.5 Å². The highest BCUT2D eigenvalue weighted by Gasteiger charge is 1.80. The molecule has 4 N–H and O–H groups in total. The van der Waals surface area contributed by atoms with Gasteiger partial charge in [0.2, 0.25) is 0 Å². The van der Waals surface area contributed by atoms with Gasteiger partial charge in [0.15, 0.2) is 0 Å². The quantitative estimate of drug-likeness (QED) is 0.605. The van der Waals surface area contributed by atoms with Gasteiger partial charge in [-0.05, 0) is 24.3 Å². The minimum absolute atomic E-state index is 0.749. The van der Waals surface area contributed by atoms with E-state index in [-0.39, 0.29) is 0 Å². The first-order chi connectivity index (χ1) is 6.20. The molecule has 0 unspecified atom stereocenters. The lowest BCUT2D eigenvalue weighted by Gasteiger charge is -1.90. The van der Waals surface area contributed by atoms with Gasteiger partial charge in [0, 0.05) is 11.4 Å². The minimum Gasteiger partial charge on any atom is -0.399 e. The maximum absolute atomic E-state index is 5.37. The van der Waals surface area contributed by atoms with Crippen molar-refractivity contribution in [3.63, 3.8) is 0 Å². The van der Waals surface area contributed by atoms with Gasteiger partial charge in [-0.25, -0.2) is 0 Å². The van der Waals surface area contributed by atoms with Crippen molar-refractivity contribution in [2.75, 3.05) is 11.5 Å². The Bertz CT molecular complexity index is 159. The van der Waals surface area contributed by atoms with Gasteiger partial charge in [-0.2, -0.15) is 0 Å². The maximum atomic E-state index is 5.37. The summed E-state index contributed by atoms with van der Waals surface area (Å²) in [5, 5.41) is 0. The number of benzene rings is 1. The van der Waals surface area contributed by atoms with E-state index in [1.54, 1.807) is 24.3 Å². The number of nitrogen functional groups attached to an aromatic ring is 2. The van der Waals surface area contributed by atoms with Crippen LogP contribution < -0.4 is 11.5 Å². The van der Waals surface area contributed by atoms with Crippen LogP contribution in [0.2, 0.25) is 0 Å². The summed E-state index contributed by atoms with van der Waals surface area (Å²) in [6, 6.07) is 7.09. The summed E-state index contributed by atoms with van der Waals surface area (Å²) >= 11 is 0. The van der Waals surface area contributed by atoms with Gasteiger partial charge in [-0.3, -0.25) is 0 Å². The first-order valence-electron chi connectivity index (χ1n) is 4.81. The SMILES string of the molecule is CC.CCC.Nc1ccc(N)cc1.